The molecule has 2 aromatic carbocycles. The van der Waals surface area contributed by atoms with Crippen LogP contribution in [0.2, 0.25) is 0 Å². The van der Waals surface area contributed by atoms with Gasteiger partial charge in [0.2, 0.25) is 5.89 Å². The fourth-order valence-electron chi connectivity index (χ4n) is 3.48. The molecule has 1 N–H and O–H groups in total. The molecule has 0 bridgehead atoms. The summed E-state index contributed by atoms with van der Waals surface area (Å²) in [5, 5.41) is 2.91. The van der Waals surface area contributed by atoms with Crippen molar-refractivity contribution in [1.29, 1.82) is 0 Å². The smallest absolute Gasteiger partial charge is 0.407 e. The fourth-order valence-corrected chi connectivity index (χ4v) is 3.48. The Kier molecular flexibility index (Phi) is 6.65. The molecular weight excluding hydrogens is 380 g/mol. The van der Waals surface area contributed by atoms with Crippen LogP contribution in [0, 0.1) is 6.07 Å². The van der Waals surface area contributed by atoms with Crippen molar-refractivity contribution in [3.63, 3.8) is 0 Å². The summed E-state index contributed by atoms with van der Waals surface area (Å²) in [6.45, 7) is 0.614. The molecule has 1 aromatic heterocycles. The average molecular weight is 405 g/mol. The van der Waals surface area contributed by atoms with Gasteiger partial charge in [0, 0.05) is 29.7 Å². The molecule has 30 heavy (non-hydrogen) atoms. The van der Waals surface area contributed by atoms with Crippen LogP contribution in [0.5, 0.6) is 5.75 Å². The summed E-state index contributed by atoms with van der Waals surface area (Å²) < 4.78 is 16.6. The number of benzene rings is 2. The fraction of sp³-hybridized carbons (Fsp3) is 0.333. The van der Waals surface area contributed by atoms with Gasteiger partial charge >= 0.3 is 6.09 Å². The van der Waals surface area contributed by atoms with E-state index in [0.29, 0.717) is 24.7 Å². The van der Waals surface area contributed by atoms with E-state index in [-0.39, 0.29) is 18.7 Å². The van der Waals surface area contributed by atoms with Gasteiger partial charge in [0.05, 0.1) is 12.3 Å². The van der Waals surface area contributed by atoms with Gasteiger partial charge in [0.25, 0.3) is 0 Å². The number of amides is 1. The van der Waals surface area contributed by atoms with Gasteiger partial charge in [-0.05, 0) is 31.0 Å². The van der Waals surface area contributed by atoms with Crippen molar-refractivity contribution in [3.05, 3.63) is 72.1 Å². The standard InChI is InChI=1S/C24H25N2O4/c27-24(26-20-10-4-5-11-20)30-16-18-7-6-12-22(15-18)28-14-13-21-17-29-23(25-21)19-8-2-1-3-9-19/h1-3,6-9,12,17,20H,4-5,10-11,13-14,16H2,(H,26,27). The molecule has 1 heterocycles. The van der Waals surface area contributed by atoms with Crippen LogP contribution in [0.25, 0.3) is 11.5 Å². The Hall–Kier alpha value is -3.28. The van der Waals surface area contributed by atoms with E-state index in [1.807, 2.05) is 48.5 Å². The maximum absolute atomic E-state index is 11.9. The SMILES string of the molecule is O=C(NC1CCCC1)OCc1[c]c(OCCc2coc(-c3ccccc3)n2)ccc1. The van der Waals surface area contributed by atoms with Gasteiger partial charge in [-0.25, -0.2) is 9.78 Å². The molecule has 6 heteroatoms. The molecular formula is C24H25N2O4. The molecule has 6 nitrogen and oxygen atoms in total. The zero-order chi connectivity index (χ0) is 20.6. The third kappa shape index (κ3) is 5.63. The Balaban J connectivity index is 1.22. The monoisotopic (exact) mass is 405 g/mol. The highest BCUT2D eigenvalue weighted by atomic mass is 16.5. The minimum absolute atomic E-state index is 0.166. The van der Waals surface area contributed by atoms with Gasteiger partial charge in [0.15, 0.2) is 0 Å². The summed E-state index contributed by atoms with van der Waals surface area (Å²) in [6, 6.07) is 18.7. The predicted octanol–water partition coefficient (Wildman–Crippen LogP) is 4.93. The molecule has 1 aliphatic carbocycles. The lowest BCUT2D eigenvalue weighted by atomic mass is 10.2. The predicted molar refractivity (Wildman–Crippen MR) is 112 cm³/mol. The molecule has 0 aliphatic heterocycles. The molecule has 4 rings (SSSR count). The lowest BCUT2D eigenvalue weighted by Gasteiger charge is -2.12. The number of nitrogens with one attached hydrogen (secondary N) is 1. The first kappa shape index (κ1) is 20.0. The molecule has 0 atom stereocenters. The molecule has 155 valence electrons. The maximum atomic E-state index is 11.9. The van der Waals surface area contributed by atoms with Gasteiger partial charge in [-0.3, -0.25) is 0 Å². The molecule has 1 amide bonds. The second-order valence-electron chi connectivity index (χ2n) is 7.35. The number of hydrogen-bond donors (Lipinski definition) is 1. The molecule has 3 aromatic rings. The van der Waals surface area contributed by atoms with Crippen molar-refractivity contribution in [2.45, 2.75) is 44.8 Å². The van der Waals surface area contributed by atoms with Crippen molar-refractivity contribution < 1.29 is 18.7 Å². The van der Waals surface area contributed by atoms with Crippen LogP contribution in [0.3, 0.4) is 0 Å². The summed E-state index contributed by atoms with van der Waals surface area (Å²) in [4.78, 5) is 16.4. The summed E-state index contributed by atoms with van der Waals surface area (Å²) in [5.41, 5.74) is 2.54. The van der Waals surface area contributed by atoms with Crippen LogP contribution in [-0.2, 0) is 17.8 Å². The van der Waals surface area contributed by atoms with Gasteiger partial charge in [-0.15, -0.1) is 0 Å². The average Bonchev–Trinajstić information content (AvgIpc) is 3.46. The summed E-state index contributed by atoms with van der Waals surface area (Å²) >= 11 is 0. The first-order valence-electron chi connectivity index (χ1n) is 10.3. The Bertz CT molecular complexity index is 949. The number of aromatic nitrogens is 1. The largest absolute Gasteiger partial charge is 0.493 e. The second-order valence-corrected chi connectivity index (χ2v) is 7.35. The number of alkyl carbamates (subject to hydrolysis) is 1. The minimum atomic E-state index is -0.373. The van der Waals surface area contributed by atoms with Gasteiger partial charge < -0.3 is 19.2 Å². The topological polar surface area (TPSA) is 73.6 Å². The highest BCUT2D eigenvalue weighted by molar-refractivity contribution is 5.67. The van der Waals surface area contributed by atoms with E-state index in [0.717, 1.165) is 29.7 Å². The van der Waals surface area contributed by atoms with Crippen LogP contribution in [0.1, 0.15) is 36.9 Å². The van der Waals surface area contributed by atoms with Crippen molar-refractivity contribution in [2.24, 2.45) is 0 Å². The van der Waals surface area contributed by atoms with Crippen molar-refractivity contribution in [1.82, 2.24) is 10.3 Å². The lowest BCUT2D eigenvalue weighted by Crippen LogP contribution is -2.32. The van der Waals surface area contributed by atoms with Crippen molar-refractivity contribution in [3.8, 4) is 17.2 Å². The number of carbonyl (C=O) groups is 1. The van der Waals surface area contributed by atoms with Crippen molar-refractivity contribution in [2.75, 3.05) is 6.61 Å². The Morgan fingerprint density at radius 1 is 1.13 bits per heavy atom. The van der Waals surface area contributed by atoms with Gasteiger partial charge in [0.1, 0.15) is 18.6 Å². The highest BCUT2D eigenvalue weighted by Gasteiger charge is 2.17. The molecule has 1 aliphatic rings. The zero-order valence-electron chi connectivity index (χ0n) is 16.8. The molecule has 0 saturated heterocycles. The van der Waals surface area contributed by atoms with Crippen molar-refractivity contribution >= 4 is 6.09 Å². The Labute approximate surface area is 176 Å². The second kappa shape index (κ2) is 9.96. The summed E-state index contributed by atoms with van der Waals surface area (Å²) in [6.07, 6.45) is 6.30. The highest BCUT2D eigenvalue weighted by Crippen LogP contribution is 2.19. The molecule has 0 spiro atoms. The summed E-state index contributed by atoms with van der Waals surface area (Å²) in [5.74, 6) is 1.21. The molecule has 0 unspecified atom stereocenters. The lowest BCUT2D eigenvalue weighted by molar-refractivity contribution is 0.135. The van der Waals surface area contributed by atoms with Gasteiger partial charge in [-0.1, -0.05) is 43.2 Å². The van der Waals surface area contributed by atoms with E-state index in [4.69, 9.17) is 13.9 Å². The Morgan fingerprint density at radius 3 is 2.80 bits per heavy atom. The van der Waals surface area contributed by atoms with E-state index >= 15 is 0 Å². The Morgan fingerprint density at radius 2 is 1.97 bits per heavy atom. The van der Waals surface area contributed by atoms with E-state index in [1.165, 1.54) is 12.8 Å². The number of ether oxygens (including phenoxy) is 2. The first-order valence-corrected chi connectivity index (χ1v) is 10.3. The number of nitrogens with zero attached hydrogens (tertiary/aromatic N) is 1. The van der Waals surface area contributed by atoms with E-state index in [1.54, 1.807) is 6.26 Å². The van der Waals surface area contributed by atoms with E-state index < -0.39 is 0 Å². The van der Waals surface area contributed by atoms with Crippen LogP contribution < -0.4 is 10.1 Å². The van der Waals surface area contributed by atoms with Gasteiger partial charge in [-0.2, -0.15) is 0 Å². The third-order valence-electron chi connectivity index (χ3n) is 5.05. The third-order valence-corrected chi connectivity index (χ3v) is 5.05. The first-order chi connectivity index (χ1) is 14.8. The number of hydrogen-bond acceptors (Lipinski definition) is 5. The number of oxazole rings is 1. The number of rotatable bonds is 8. The quantitative estimate of drug-likeness (QED) is 0.575. The summed E-state index contributed by atoms with van der Waals surface area (Å²) in [7, 11) is 0. The molecule has 1 fully saturated rings. The van der Waals surface area contributed by atoms with Crippen LogP contribution >= 0.6 is 0 Å². The number of carbonyl (C=O) groups excluding carboxylic acids is 1. The van der Waals surface area contributed by atoms with Crippen LogP contribution in [-0.4, -0.2) is 23.7 Å². The molecule has 1 radical (unpaired) electrons. The molecule has 1 saturated carbocycles. The maximum Gasteiger partial charge on any atom is 0.407 e. The van der Waals surface area contributed by atoms with E-state index in [2.05, 4.69) is 16.4 Å². The normalized spacial score (nSPS) is 13.9. The van der Waals surface area contributed by atoms with Crippen LogP contribution in [0.15, 0.2) is 59.2 Å². The van der Waals surface area contributed by atoms with Crippen LogP contribution in [0.4, 0.5) is 4.79 Å². The van der Waals surface area contributed by atoms with E-state index in [9.17, 15) is 4.79 Å². The zero-order valence-corrected chi connectivity index (χ0v) is 16.8. The minimum Gasteiger partial charge on any atom is -0.493 e.